The largest absolute Gasteiger partial charge is 0.497 e. The number of allylic oxidation sites excluding steroid dienone is 1. The number of esters is 1. The Labute approximate surface area is 214 Å². The lowest BCUT2D eigenvalue weighted by atomic mass is 9.94. The Kier molecular flexibility index (Phi) is 8.04. The Morgan fingerprint density at radius 3 is 2.50 bits per heavy atom. The number of carbonyl (C=O) groups excluding carboxylic acids is 2. The summed E-state index contributed by atoms with van der Waals surface area (Å²) < 4.78 is 15.9. The van der Waals surface area contributed by atoms with Crippen molar-refractivity contribution in [2.75, 3.05) is 43.8 Å². The Morgan fingerprint density at radius 1 is 1.08 bits per heavy atom. The minimum atomic E-state index is -0.417. The molecule has 9 nitrogen and oxygen atoms in total. The van der Waals surface area contributed by atoms with Gasteiger partial charge in [-0.2, -0.15) is 0 Å². The SMILES string of the molecule is CCOC(=O)C1=C(C)N=C2SCCCN2C1c1cccc(NC(=O)Nc2cc(OC)cc(OC)c2)c1. The molecular weight excluding hydrogens is 480 g/mol. The fourth-order valence-corrected chi connectivity index (χ4v) is 5.26. The predicted molar refractivity (Wildman–Crippen MR) is 142 cm³/mol. The molecule has 1 unspecified atom stereocenters. The van der Waals surface area contributed by atoms with Crippen molar-refractivity contribution in [1.82, 2.24) is 4.90 Å². The second-order valence-electron chi connectivity index (χ2n) is 8.22. The molecule has 0 radical (unpaired) electrons. The molecule has 1 atom stereocenters. The smallest absolute Gasteiger partial charge is 0.338 e. The quantitative estimate of drug-likeness (QED) is 0.504. The molecule has 2 aliphatic rings. The van der Waals surface area contributed by atoms with Crippen LogP contribution < -0.4 is 20.1 Å². The highest BCUT2D eigenvalue weighted by molar-refractivity contribution is 8.13. The van der Waals surface area contributed by atoms with Crippen LogP contribution in [0.15, 0.2) is 58.7 Å². The normalized spacial score (nSPS) is 17.1. The van der Waals surface area contributed by atoms with E-state index >= 15 is 0 Å². The number of hydrogen-bond acceptors (Lipinski definition) is 8. The van der Waals surface area contributed by atoms with Crippen molar-refractivity contribution >= 4 is 40.3 Å². The summed E-state index contributed by atoms with van der Waals surface area (Å²) in [4.78, 5) is 32.6. The van der Waals surface area contributed by atoms with Gasteiger partial charge in [0.15, 0.2) is 5.17 Å². The van der Waals surface area contributed by atoms with E-state index < -0.39 is 6.03 Å². The molecule has 36 heavy (non-hydrogen) atoms. The highest BCUT2D eigenvalue weighted by Gasteiger charge is 2.38. The Morgan fingerprint density at radius 2 is 1.81 bits per heavy atom. The number of fused-ring (bicyclic) bond motifs is 1. The molecule has 4 rings (SSSR count). The number of methoxy groups -OCH3 is 2. The zero-order chi connectivity index (χ0) is 25.7. The van der Waals surface area contributed by atoms with E-state index in [2.05, 4.69) is 15.5 Å². The molecule has 0 aliphatic carbocycles. The summed E-state index contributed by atoms with van der Waals surface area (Å²) in [6.45, 7) is 4.70. The molecule has 0 aromatic heterocycles. The number of amidine groups is 1. The standard InChI is InChI=1S/C26H30N4O5S/c1-5-35-24(31)22-16(2)27-26-30(10-7-11-36-26)23(22)17-8-6-9-18(12-17)28-25(32)29-19-13-20(33-3)15-21(14-19)34-4/h6,8-9,12-15,23H,5,7,10-11H2,1-4H3,(H2,28,29,32). The summed E-state index contributed by atoms with van der Waals surface area (Å²) in [5.41, 5.74) is 3.17. The molecule has 0 spiro atoms. The van der Waals surface area contributed by atoms with E-state index in [1.54, 1.807) is 57.2 Å². The van der Waals surface area contributed by atoms with E-state index in [1.165, 1.54) is 0 Å². The first kappa shape index (κ1) is 25.4. The number of nitrogens with zero attached hydrogens (tertiary/aromatic N) is 2. The average molecular weight is 511 g/mol. The summed E-state index contributed by atoms with van der Waals surface area (Å²) in [5.74, 6) is 1.74. The topological polar surface area (TPSA) is 101 Å². The number of rotatable bonds is 7. The van der Waals surface area contributed by atoms with Crippen molar-refractivity contribution in [3.63, 3.8) is 0 Å². The number of benzene rings is 2. The molecule has 2 amide bonds. The second kappa shape index (κ2) is 11.4. The van der Waals surface area contributed by atoms with Crippen LogP contribution in [-0.4, -0.2) is 55.2 Å². The van der Waals surface area contributed by atoms with Crippen molar-refractivity contribution in [2.45, 2.75) is 26.3 Å². The van der Waals surface area contributed by atoms with Gasteiger partial charge in [0.25, 0.3) is 0 Å². The first-order chi connectivity index (χ1) is 17.4. The number of ether oxygens (including phenoxy) is 3. The lowest BCUT2D eigenvalue weighted by Crippen LogP contribution is -2.42. The molecule has 0 saturated carbocycles. The molecule has 2 aliphatic heterocycles. The van der Waals surface area contributed by atoms with Crippen molar-refractivity contribution in [1.29, 1.82) is 0 Å². The second-order valence-corrected chi connectivity index (χ2v) is 9.28. The van der Waals surface area contributed by atoms with Gasteiger partial charge in [-0.05, 0) is 38.0 Å². The van der Waals surface area contributed by atoms with Crippen LogP contribution in [-0.2, 0) is 9.53 Å². The van der Waals surface area contributed by atoms with Crippen LogP contribution in [0.5, 0.6) is 11.5 Å². The van der Waals surface area contributed by atoms with E-state index in [1.807, 2.05) is 25.1 Å². The molecule has 2 heterocycles. The van der Waals surface area contributed by atoms with Gasteiger partial charge in [-0.15, -0.1) is 0 Å². The lowest BCUT2D eigenvalue weighted by molar-refractivity contribution is -0.139. The zero-order valence-corrected chi connectivity index (χ0v) is 21.6. The van der Waals surface area contributed by atoms with Gasteiger partial charge in [0.2, 0.25) is 0 Å². The van der Waals surface area contributed by atoms with Gasteiger partial charge in [0, 0.05) is 41.9 Å². The third-order valence-electron chi connectivity index (χ3n) is 5.82. The van der Waals surface area contributed by atoms with Gasteiger partial charge in [-0.3, -0.25) is 0 Å². The molecule has 1 saturated heterocycles. The maximum atomic E-state index is 13.0. The summed E-state index contributed by atoms with van der Waals surface area (Å²) in [7, 11) is 3.10. The average Bonchev–Trinajstić information content (AvgIpc) is 2.87. The van der Waals surface area contributed by atoms with Crippen LogP contribution >= 0.6 is 11.8 Å². The fourth-order valence-electron chi connectivity index (χ4n) is 4.24. The first-order valence-corrected chi connectivity index (χ1v) is 12.7. The fraction of sp³-hybridized carbons (Fsp3) is 0.346. The van der Waals surface area contributed by atoms with Crippen molar-refractivity contribution < 1.29 is 23.8 Å². The van der Waals surface area contributed by atoms with Crippen molar-refractivity contribution in [2.24, 2.45) is 4.99 Å². The van der Waals surface area contributed by atoms with Gasteiger partial charge >= 0.3 is 12.0 Å². The molecule has 2 N–H and O–H groups in total. The number of thioether (sulfide) groups is 1. The lowest BCUT2D eigenvalue weighted by Gasteiger charge is -2.40. The predicted octanol–water partition coefficient (Wildman–Crippen LogP) is 5.03. The monoisotopic (exact) mass is 510 g/mol. The summed E-state index contributed by atoms with van der Waals surface area (Å²) in [6.07, 6.45) is 0.986. The molecule has 1 fully saturated rings. The molecule has 190 valence electrons. The van der Waals surface area contributed by atoms with Crippen LogP contribution in [0.4, 0.5) is 16.2 Å². The van der Waals surface area contributed by atoms with Crippen molar-refractivity contribution in [3.8, 4) is 11.5 Å². The Bertz CT molecular complexity index is 1190. The third-order valence-corrected chi connectivity index (χ3v) is 6.90. The van der Waals surface area contributed by atoms with Gasteiger partial charge in [-0.1, -0.05) is 23.9 Å². The maximum absolute atomic E-state index is 13.0. The van der Waals surface area contributed by atoms with Crippen LogP contribution in [0.2, 0.25) is 0 Å². The number of urea groups is 1. The number of carbonyl (C=O) groups is 2. The molecular formula is C26H30N4O5S. The highest BCUT2D eigenvalue weighted by Crippen LogP contribution is 2.40. The number of aliphatic imine (C=N–C) groups is 1. The van der Waals surface area contributed by atoms with E-state index in [9.17, 15) is 9.59 Å². The van der Waals surface area contributed by atoms with Crippen LogP contribution in [0, 0.1) is 0 Å². The number of amides is 2. The Hall–Kier alpha value is -3.66. The third kappa shape index (κ3) is 5.59. The van der Waals surface area contributed by atoms with Crippen LogP contribution in [0.3, 0.4) is 0 Å². The number of anilines is 2. The number of hydrogen-bond donors (Lipinski definition) is 2. The minimum absolute atomic E-state index is 0.282. The summed E-state index contributed by atoms with van der Waals surface area (Å²) in [5, 5.41) is 6.59. The maximum Gasteiger partial charge on any atom is 0.338 e. The highest BCUT2D eigenvalue weighted by atomic mass is 32.2. The van der Waals surface area contributed by atoms with Gasteiger partial charge < -0.3 is 29.7 Å². The van der Waals surface area contributed by atoms with E-state index in [0.717, 1.165) is 29.4 Å². The van der Waals surface area contributed by atoms with Gasteiger partial charge in [-0.25, -0.2) is 14.6 Å². The van der Waals surface area contributed by atoms with Gasteiger partial charge in [0.05, 0.1) is 38.1 Å². The van der Waals surface area contributed by atoms with E-state index in [4.69, 9.17) is 19.2 Å². The molecule has 2 aromatic rings. The summed E-state index contributed by atoms with van der Waals surface area (Å²) in [6, 6.07) is 11.9. The van der Waals surface area contributed by atoms with E-state index in [-0.39, 0.29) is 18.6 Å². The first-order valence-electron chi connectivity index (χ1n) is 11.7. The van der Waals surface area contributed by atoms with Gasteiger partial charge in [0.1, 0.15) is 11.5 Å². The Balaban J connectivity index is 1.59. The molecule has 2 aromatic carbocycles. The summed E-state index contributed by atoms with van der Waals surface area (Å²) >= 11 is 1.69. The zero-order valence-electron chi connectivity index (χ0n) is 20.8. The number of nitrogens with one attached hydrogen (secondary N) is 2. The minimum Gasteiger partial charge on any atom is -0.497 e. The van der Waals surface area contributed by atoms with Crippen LogP contribution in [0.25, 0.3) is 0 Å². The van der Waals surface area contributed by atoms with Crippen LogP contribution in [0.1, 0.15) is 31.9 Å². The molecule has 10 heteroatoms. The van der Waals surface area contributed by atoms with E-state index in [0.29, 0.717) is 34.1 Å². The molecule has 0 bridgehead atoms. The van der Waals surface area contributed by atoms with Crippen molar-refractivity contribution in [3.05, 3.63) is 59.3 Å².